The van der Waals surface area contributed by atoms with Crippen LogP contribution >= 0.6 is 11.3 Å². The van der Waals surface area contributed by atoms with E-state index in [0.717, 1.165) is 4.88 Å². The van der Waals surface area contributed by atoms with Crippen molar-refractivity contribution in [2.75, 3.05) is 31.1 Å². The Labute approximate surface area is 165 Å². The van der Waals surface area contributed by atoms with Crippen LogP contribution in [-0.2, 0) is 0 Å². The van der Waals surface area contributed by atoms with Crippen LogP contribution in [0.15, 0.2) is 46.3 Å². The fraction of sp³-hybridized carbons (Fsp3) is 0.250. The Balaban J connectivity index is 1.41. The fourth-order valence-electron chi connectivity index (χ4n) is 3.21. The Morgan fingerprint density at radius 1 is 1.14 bits per heavy atom. The maximum atomic E-state index is 14.4. The maximum Gasteiger partial charge on any atom is 0.276 e. The first-order valence-electron chi connectivity index (χ1n) is 8.88. The fourth-order valence-corrected chi connectivity index (χ4v) is 3.88. The molecule has 0 unspecified atom stereocenters. The lowest BCUT2D eigenvalue weighted by molar-refractivity contribution is 0.0736. The molecule has 4 rings (SSSR count). The van der Waals surface area contributed by atoms with Crippen LogP contribution in [-0.4, -0.2) is 47.9 Å². The van der Waals surface area contributed by atoms with Gasteiger partial charge in [0.15, 0.2) is 17.2 Å². The van der Waals surface area contributed by atoms with Gasteiger partial charge in [-0.15, -0.1) is 11.3 Å². The molecule has 1 fully saturated rings. The number of hydrogen-bond acceptors (Lipinski definition) is 6. The summed E-state index contributed by atoms with van der Waals surface area (Å²) in [6.45, 7) is 3.31. The first kappa shape index (κ1) is 18.4. The molecule has 0 N–H and O–H groups in total. The summed E-state index contributed by atoms with van der Waals surface area (Å²) < 4.78 is 19.6. The topological polar surface area (TPSA) is 66.7 Å². The predicted octanol–water partition coefficient (Wildman–Crippen LogP) is 3.71. The molecule has 0 bridgehead atoms. The van der Waals surface area contributed by atoms with Gasteiger partial charge < -0.3 is 14.3 Å². The summed E-state index contributed by atoms with van der Waals surface area (Å²) in [6.07, 6.45) is 0. The van der Waals surface area contributed by atoms with Crippen LogP contribution in [0.5, 0.6) is 0 Å². The number of amides is 1. The van der Waals surface area contributed by atoms with Crippen molar-refractivity contribution >= 4 is 28.7 Å². The van der Waals surface area contributed by atoms with Crippen molar-refractivity contribution in [3.8, 4) is 10.6 Å². The largest absolute Gasteiger partial charge is 0.366 e. The molecule has 1 aliphatic rings. The van der Waals surface area contributed by atoms with Gasteiger partial charge in [0.1, 0.15) is 5.82 Å². The second-order valence-corrected chi connectivity index (χ2v) is 7.50. The maximum absolute atomic E-state index is 14.4. The van der Waals surface area contributed by atoms with Gasteiger partial charge in [0.05, 0.1) is 10.6 Å². The molecular weight excluding hydrogens is 381 g/mol. The van der Waals surface area contributed by atoms with E-state index in [4.69, 9.17) is 4.52 Å². The molecule has 2 aromatic heterocycles. The van der Waals surface area contributed by atoms with Crippen molar-refractivity contribution < 1.29 is 18.5 Å². The molecule has 0 saturated carbocycles. The lowest BCUT2D eigenvalue weighted by Gasteiger charge is -2.35. The standard InChI is InChI=1S/C20H18FN3O3S/c1-13(25)14-4-5-17(15(21)11-14)23-6-8-24(9-7-23)20(26)16-12-18(27-22-16)19-3-2-10-28-19/h2-5,10-12H,6-9H2,1H3. The number of benzene rings is 1. The van der Waals surface area contributed by atoms with Crippen molar-refractivity contribution in [1.82, 2.24) is 10.1 Å². The van der Waals surface area contributed by atoms with E-state index < -0.39 is 5.82 Å². The molecule has 3 heterocycles. The first-order chi connectivity index (χ1) is 13.5. The van der Waals surface area contributed by atoms with Gasteiger partial charge in [-0.25, -0.2) is 4.39 Å². The Bertz CT molecular complexity index is 1010. The number of carbonyl (C=O) groups is 2. The van der Waals surface area contributed by atoms with Crippen molar-refractivity contribution in [3.63, 3.8) is 0 Å². The van der Waals surface area contributed by atoms with Crippen molar-refractivity contribution in [1.29, 1.82) is 0 Å². The highest BCUT2D eigenvalue weighted by molar-refractivity contribution is 7.13. The Kier molecular flexibility index (Phi) is 4.95. The molecule has 3 aromatic rings. The number of piperazine rings is 1. The van der Waals surface area contributed by atoms with Crippen molar-refractivity contribution in [2.45, 2.75) is 6.92 Å². The molecule has 0 spiro atoms. The van der Waals surface area contributed by atoms with Gasteiger partial charge in [-0.2, -0.15) is 0 Å². The predicted molar refractivity (Wildman–Crippen MR) is 104 cm³/mol. The summed E-state index contributed by atoms with van der Waals surface area (Å²) >= 11 is 1.52. The number of thiophene rings is 1. The van der Waals surface area contributed by atoms with Crippen LogP contribution in [0.4, 0.5) is 10.1 Å². The third-order valence-corrected chi connectivity index (χ3v) is 5.64. The summed E-state index contributed by atoms with van der Waals surface area (Å²) in [5.41, 5.74) is 1.06. The van der Waals surface area contributed by atoms with Crippen LogP contribution in [0.2, 0.25) is 0 Å². The smallest absolute Gasteiger partial charge is 0.276 e. The molecule has 8 heteroatoms. The van der Waals surface area contributed by atoms with Gasteiger partial charge in [0, 0.05) is 37.8 Å². The third kappa shape index (κ3) is 3.55. The van der Waals surface area contributed by atoms with E-state index in [1.807, 2.05) is 22.4 Å². The normalized spacial score (nSPS) is 14.4. The van der Waals surface area contributed by atoms with E-state index >= 15 is 0 Å². The summed E-state index contributed by atoms with van der Waals surface area (Å²) in [6, 6.07) is 9.97. The quantitative estimate of drug-likeness (QED) is 0.626. The molecule has 0 aliphatic carbocycles. The van der Waals surface area contributed by atoms with Crippen molar-refractivity contribution in [2.24, 2.45) is 0 Å². The molecular formula is C20H18FN3O3S. The number of hydrogen-bond donors (Lipinski definition) is 0. The van der Waals surface area contributed by atoms with Gasteiger partial charge >= 0.3 is 0 Å². The van der Waals surface area contributed by atoms with E-state index in [1.54, 1.807) is 23.1 Å². The Hall–Kier alpha value is -3.00. The molecule has 1 saturated heterocycles. The minimum atomic E-state index is -0.426. The van der Waals surface area contributed by atoms with Gasteiger partial charge in [-0.1, -0.05) is 11.2 Å². The minimum absolute atomic E-state index is 0.171. The average Bonchev–Trinajstić information content (AvgIpc) is 3.39. The van der Waals surface area contributed by atoms with E-state index in [0.29, 0.717) is 43.2 Å². The lowest BCUT2D eigenvalue weighted by atomic mass is 10.1. The molecule has 0 atom stereocenters. The first-order valence-corrected chi connectivity index (χ1v) is 9.76. The second kappa shape index (κ2) is 7.55. The Morgan fingerprint density at radius 2 is 1.93 bits per heavy atom. The van der Waals surface area contributed by atoms with Crippen LogP contribution < -0.4 is 4.90 Å². The van der Waals surface area contributed by atoms with E-state index in [9.17, 15) is 14.0 Å². The molecule has 1 aromatic carbocycles. The zero-order valence-corrected chi connectivity index (χ0v) is 16.0. The summed E-state index contributed by atoms with van der Waals surface area (Å²) in [5.74, 6) is -0.219. The van der Waals surface area contributed by atoms with E-state index in [-0.39, 0.29) is 17.4 Å². The van der Waals surface area contributed by atoms with E-state index in [2.05, 4.69) is 5.16 Å². The third-order valence-electron chi connectivity index (χ3n) is 4.76. The molecule has 1 amide bonds. The summed E-state index contributed by atoms with van der Waals surface area (Å²) in [4.78, 5) is 28.6. The summed E-state index contributed by atoms with van der Waals surface area (Å²) in [7, 11) is 0. The molecule has 0 radical (unpaired) electrons. The van der Waals surface area contributed by atoms with Gasteiger partial charge in [0.2, 0.25) is 0 Å². The number of anilines is 1. The molecule has 144 valence electrons. The van der Waals surface area contributed by atoms with Crippen LogP contribution in [0.25, 0.3) is 10.6 Å². The lowest BCUT2D eigenvalue weighted by Crippen LogP contribution is -2.49. The molecule has 6 nitrogen and oxygen atoms in total. The van der Waals surface area contributed by atoms with Gasteiger partial charge in [0.25, 0.3) is 5.91 Å². The monoisotopic (exact) mass is 399 g/mol. The van der Waals surface area contributed by atoms with Crippen molar-refractivity contribution in [3.05, 3.63) is 58.9 Å². The minimum Gasteiger partial charge on any atom is -0.366 e. The Morgan fingerprint density at radius 3 is 2.57 bits per heavy atom. The highest BCUT2D eigenvalue weighted by atomic mass is 32.1. The number of rotatable bonds is 4. The van der Waals surface area contributed by atoms with Gasteiger partial charge in [-0.3, -0.25) is 9.59 Å². The van der Waals surface area contributed by atoms with E-state index in [1.165, 1.54) is 24.3 Å². The van der Waals surface area contributed by atoms with Crippen LogP contribution in [0, 0.1) is 5.82 Å². The number of ketones is 1. The summed E-state index contributed by atoms with van der Waals surface area (Å²) in [5, 5.41) is 5.83. The number of Topliss-reactive ketones (excluding diaryl/α,β-unsaturated/α-hetero) is 1. The number of halogens is 1. The molecule has 1 aliphatic heterocycles. The highest BCUT2D eigenvalue weighted by Gasteiger charge is 2.26. The number of nitrogens with zero attached hydrogens (tertiary/aromatic N) is 3. The van der Waals surface area contributed by atoms with Crippen LogP contribution in [0.3, 0.4) is 0 Å². The second-order valence-electron chi connectivity index (χ2n) is 6.56. The SMILES string of the molecule is CC(=O)c1ccc(N2CCN(C(=O)c3cc(-c4cccs4)on3)CC2)c(F)c1. The average molecular weight is 399 g/mol. The zero-order chi connectivity index (χ0) is 19.7. The zero-order valence-electron chi connectivity index (χ0n) is 15.2. The molecule has 28 heavy (non-hydrogen) atoms. The number of carbonyl (C=O) groups excluding carboxylic acids is 2. The van der Waals surface area contributed by atoms with Crippen LogP contribution in [0.1, 0.15) is 27.8 Å². The highest BCUT2D eigenvalue weighted by Crippen LogP contribution is 2.26. The number of aromatic nitrogens is 1. The van der Waals surface area contributed by atoms with Gasteiger partial charge in [-0.05, 0) is 36.6 Å².